The van der Waals surface area contributed by atoms with E-state index in [2.05, 4.69) is 25.7 Å². The molecule has 10 heteroatoms. The Morgan fingerprint density at radius 1 is 1.14 bits per heavy atom. The molecule has 1 unspecified atom stereocenters. The van der Waals surface area contributed by atoms with Gasteiger partial charge >= 0.3 is 11.9 Å². The highest BCUT2D eigenvalue weighted by atomic mass is 79.9. The van der Waals surface area contributed by atoms with Crippen LogP contribution in [0.1, 0.15) is 24.1 Å². The van der Waals surface area contributed by atoms with Gasteiger partial charge in [0.2, 0.25) is 0 Å². The van der Waals surface area contributed by atoms with Crippen molar-refractivity contribution >= 4 is 45.3 Å². The molecule has 0 amide bonds. The minimum Gasteiger partial charge on any atom is -0.481 e. The van der Waals surface area contributed by atoms with E-state index in [1.54, 1.807) is 31.2 Å². The van der Waals surface area contributed by atoms with Gasteiger partial charge in [0.05, 0.1) is 40.5 Å². The van der Waals surface area contributed by atoms with Gasteiger partial charge in [-0.1, -0.05) is 47.7 Å². The van der Waals surface area contributed by atoms with Gasteiger partial charge in [-0.25, -0.2) is 14.6 Å². The third kappa shape index (κ3) is 4.98. The van der Waals surface area contributed by atoms with Crippen LogP contribution in [0.5, 0.6) is 5.75 Å². The standard InChI is InChI=1S/C25H21BrN2O6S/c1-14-21(24(31)33-3)22(16-7-5-4-6-8-16)28-23(30)19(35-25(28)27-14)12-15-9-10-18(17(26)11-15)34-13-20(29)32-2/h4-12,22H,13H2,1-3H3. The van der Waals surface area contributed by atoms with Crippen LogP contribution in [0.2, 0.25) is 0 Å². The van der Waals surface area contributed by atoms with Crippen LogP contribution in [-0.4, -0.2) is 37.3 Å². The Bertz CT molecular complexity index is 1510. The average molecular weight is 557 g/mol. The molecule has 1 aliphatic rings. The second-order valence-corrected chi connectivity index (χ2v) is 9.40. The number of halogens is 1. The molecule has 0 aliphatic carbocycles. The third-order valence-electron chi connectivity index (χ3n) is 5.37. The molecule has 35 heavy (non-hydrogen) atoms. The first kappa shape index (κ1) is 24.6. The number of hydrogen-bond donors (Lipinski definition) is 0. The van der Waals surface area contributed by atoms with Crippen molar-refractivity contribution in [2.75, 3.05) is 20.8 Å². The van der Waals surface area contributed by atoms with Crippen molar-refractivity contribution in [1.82, 2.24) is 4.57 Å². The van der Waals surface area contributed by atoms with Crippen LogP contribution >= 0.6 is 27.3 Å². The van der Waals surface area contributed by atoms with Gasteiger partial charge in [-0.2, -0.15) is 0 Å². The van der Waals surface area contributed by atoms with Crippen molar-refractivity contribution < 1.29 is 23.8 Å². The van der Waals surface area contributed by atoms with Crippen LogP contribution in [0.25, 0.3) is 6.08 Å². The van der Waals surface area contributed by atoms with Gasteiger partial charge < -0.3 is 14.2 Å². The molecule has 1 aromatic heterocycles. The van der Waals surface area contributed by atoms with Crippen LogP contribution in [-0.2, 0) is 19.1 Å². The lowest BCUT2D eigenvalue weighted by atomic mass is 9.96. The van der Waals surface area contributed by atoms with Crippen LogP contribution in [0, 0.1) is 0 Å². The van der Waals surface area contributed by atoms with E-state index < -0.39 is 18.0 Å². The molecule has 2 heterocycles. The first-order valence-electron chi connectivity index (χ1n) is 10.5. The largest absolute Gasteiger partial charge is 0.481 e. The third-order valence-corrected chi connectivity index (χ3v) is 6.97. The van der Waals surface area contributed by atoms with Crippen LogP contribution in [0.3, 0.4) is 0 Å². The molecule has 0 radical (unpaired) electrons. The van der Waals surface area contributed by atoms with E-state index in [-0.39, 0.29) is 12.2 Å². The number of hydrogen-bond acceptors (Lipinski definition) is 8. The summed E-state index contributed by atoms with van der Waals surface area (Å²) in [6.45, 7) is 1.53. The van der Waals surface area contributed by atoms with E-state index in [4.69, 9.17) is 9.47 Å². The van der Waals surface area contributed by atoms with Crippen LogP contribution < -0.4 is 19.6 Å². The van der Waals surface area contributed by atoms with Gasteiger partial charge in [-0.15, -0.1) is 0 Å². The Hall–Kier alpha value is -3.50. The molecule has 0 N–H and O–H groups in total. The van der Waals surface area contributed by atoms with Gasteiger partial charge in [0.15, 0.2) is 11.4 Å². The Labute approximate surface area is 212 Å². The monoisotopic (exact) mass is 556 g/mol. The summed E-state index contributed by atoms with van der Waals surface area (Å²) in [5, 5.41) is 0. The molecule has 0 saturated heterocycles. The van der Waals surface area contributed by atoms with Gasteiger partial charge in [-0.05, 0) is 52.2 Å². The molecule has 1 aliphatic heterocycles. The molecular weight excluding hydrogens is 536 g/mol. The normalized spacial score (nSPS) is 15.3. The summed E-state index contributed by atoms with van der Waals surface area (Å²) in [5.74, 6) is -0.547. The summed E-state index contributed by atoms with van der Waals surface area (Å²) in [7, 11) is 2.60. The quantitative estimate of drug-likeness (QED) is 0.433. The van der Waals surface area contributed by atoms with Gasteiger partial charge in [0, 0.05) is 0 Å². The van der Waals surface area contributed by atoms with E-state index >= 15 is 0 Å². The molecule has 0 spiro atoms. The Balaban J connectivity index is 1.79. The highest BCUT2D eigenvalue weighted by Gasteiger charge is 2.32. The number of methoxy groups -OCH3 is 2. The maximum absolute atomic E-state index is 13.5. The molecule has 0 fully saturated rings. The topological polar surface area (TPSA) is 96.2 Å². The van der Waals surface area contributed by atoms with Crippen LogP contribution in [0.4, 0.5) is 0 Å². The number of carbonyl (C=O) groups excluding carboxylic acids is 2. The molecule has 0 saturated carbocycles. The summed E-state index contributed by atoms with van der Waals surface area (Å²) >= 11 is 4.68. The number of aromatic nitrogens is 1. The zero-order valence-electron chi connectivity index (χ0n) is 19.1. The Kier molecular flexibility index (Phi) is 7.32. The van der Waals surface area contributed by atoms with Gasteiger partial charge in [0.1, 0.15) is 5.75 Å². The zero-order chi connectivity index (χ0) is 25.1. The van der Waals surface area contributed by atoms with Crippen molar-refractivity contribution in [1.29, 1.82) is 0 Å². The molecule has 8 nitrogen and oxygen atoms in total. The highest BCUT2D eigenvalue weighted by Crippen LogP contribution is 2.30. The number of benzene rings is 2. The van der Waals surface area contributed by atoms with Crippen molar-refractivity contribution in [3.05, 3.63) is 95.1 Å². The summed E-state index contributed by atoms with van der Waals surface area (Å²) in [6.07, 6.45) is 1.75. The fraction of sp³-hybridized carbons (Fsp3) is 0.200. The van der Waals surface area contributed by atoms with E-state index in [0.717, 1.165) is 11.1 Å². The second-order valence-electron chi connectivity index (χ2n) is 7.54. The molecule has 4 rings (SSSR count). The minimum atomic E-state index is -0.650. The lowest BCUT2D eigenvalue weighted by Crippen LogP contribution is -2.39. The minimum absolute atomic E-state index is 0.214. The fourth-order valence-corrected chi connectivity index (χ4v) is 5.27. The van der Waals surface area contributed by atoms with E-state index in [0.29, 0.717) is 30.8 Å². The van der Waals surface area contributed by atoms with Gasteiger partial charge in [0.25, 0.3) is 5.56 Å². The maximum atomic E-state index is 13.5. The predicted octanol–water partition coefficient (Wildman–Crippen LogP) is 2.72. The van der Waals surface area contributed by atoms with Crippen molar-refractivity contribution in [2.24, 2.45) is 4.99 Å². The zero-order valence-corrected chi connectivity index (χ0v) is 21.5. The SMILES string of the molecule is COC(=O)COc1ccc(C=c2sc3n(c2=O)C(c2ccccc2)C(C(=O)OC)=C(C)N=3)cc1Br. The first-order valence-corrected chi connectivity index (χ1v) is 12.1. The second kappa shape index (κ2) is 10.4. The van der Waals surface area contributed by atoms with E-state index in [9.17, 15) is 14.4 Å². The summed E-state index contributed by atoms with van der Waals surface area (Å²) < 4.78 is 17.6. The first-order chi connectivity index (χ1) is 16.8. The number of esters is 2. The summed E-state index contributed by atoms with van der Waals surface area (Å²) in [4.78, 5) is 42.6. The van der Waals surface area contributed by atoms with Crippen LogP contribution in [0.15, 0.2) is 74.1 Å². The number of fused-ring (bicyclic) bond motifs is 1. The molecule has 1 atom stereocenters. The lowest BCUT2D eigenvalue weighted by Gasteiger charge is -2.24. The number of ether oxygens (including phenoxy) is 3. The number of thiazole rings is 1. The molecule has 3 aromatic rings. The fourth-order valence-electron chi connectivity index (χ4n) is 3.71. The highest BCUT2D eigenvalue weighted by molar-refractivity contribution is 9.10. The molecule has 180 valence electrons. The Morgan fingerprint density at radius 2 is 1.89 bits per heavy atom. The van der Waals surface area contributed by atoms with Crippen molar-refractivity contribution in [3.63, 3.8) is 0 Å². The molecular formula is C25H21BrN2O6S. The van der Waals surface area contributed by atoms with E-state index in [1.807, 2.05) is 30.3 Å². The van der Waals surface area contributed by atoms with Crippen molar-refractivity contribution in [2.45, 2.75) is 13.0 Å². The molecule has 2 aromatic carbocycles. The summed E-state index contributed by atoms with van der Waals surface area (Å²) in [5.41, 5.74) is 2.09. The predicted molar refractivity (Wildman–Crippen MR) is 134 cm³/mol. The number of nitrogens with zero attached hydrogens (tertiary/aromatic N) is 2. The molecule has 0 bridgehead atoms. The van der Waals surface area contributed by atoms with Crippen molar-refractivity contribution in [3.8, 4) is 5.75 Å². The number of rotatable bonds is 6. The maximum Gasteiger partial charge on any atom is 0.343 e. The van der Waals surface area contributed by atoms with E-state index in [1.165, 1.54) is 30.1 Å². The van der Waals surface area contributed by atoms with Gasteiger partial charge in [-0.3, -0.25) is 9.36 Å². The number of allylic oxidation sites excluding steroid dienone is 1. The average Bonchev–Trinajstić information content (AvgIpc) is 3.16. The number of carbonyl (C=O) groups is 2. The Morgan fingerprint density at radius 3 is 2.54 bits per heavy atom. The summed E-state index contributed by atoms with van der Waals surface area (Å²) in [6, 6.07) is 13.9. The smallest absolute Gasteiger partial charge is 0.343 e. The lowest BCUT2D eigenvalue weighted by molar-refractivity contribution is -0.143.